The van der Waals surface area contributed by atoms with Crippen molar-refractivity contribution in [3.63, 3.8) is 0 Å². The van der Waals surface area contributed by atoms with Gasteiger partial charge in [-0.3, -0.25) is 9.52 Å². The third kappa shape index (κ3) is 10.00. The lowest BCUT2D eigenvalue weighted by atomic mass is 9.89. The zero-order valence-electron chi connectivity index (χ0n) is 19.0. The fourth-order valence-electron chi connectivity index (χ4n) is 4.01. The minimum Gasteiger partial charge on any atom is -0.393 e. The highest BCUT2D eigenvalue weighted by molar-refractivity contribution is 9.11. The molecule has 1 amide bonds. The Morgan fingerprint density at radius 1 is 1.33 bits per heavy atom. The third-order valence-corrected chi connectivity index (χ3v) is 8.51. The molecule has 10 heteroatoms. The number of halogens is 1. The number of unbranched alkanes of at least 4 members (excludes halogenated alkanes) is 1. The summed E-state index contributed by atoms with van der Waals surface area (Å²) in [6, 6.07) is 2.11. The molecule has 0 aromatic carbocycles. The number of carbonyl (C=O) groups is 1. The zero-order valence-corrected chi connectivity index (χ0v) is 22.2. The van der Waals surface area contributed by atoms with Crippen LogP contribution >= 0.6 is 27.3 Å². The van der Waals surface area contributed by atoms with Gasteiger partial charge in [0, 0.05) is 23.6 Å². The topological polar surface area (TPSA) is 124 Å². The summed E-state index contributed by atoms with van der Waals surface area (Å²) in [5.41, 5.74) is 1.19. The largest absolute Gasteiger partial charge is 0.393 e. The van der Waals surface area contributed by atoms with E-state index in [-0.39, 0.29) is 18.3 Å². The van der Waals surface area contributed by atoms with Crippen LogP contribution in [0.5, 0.6) is 0 Å². The van der Waals surface area contributed by atoms with Crippen molar-refractivity contribution in [1.29, 1.82) is 0 Å². The summed E-state index contributed by atoms with van der Waals surface area (Å²) in [6.07, 6.45) is 9.91. The summed E-state index contributed by atoms with van der Waals surface area (Å²) in [5.74, 6) is -0.909. The van der Waals surface area contributed by atoms with Gasteiger partial charge in [0.05, 0.1) is 28.4 Å². The molecule has 0 bridgehead atoms. The van der Waals surface area contributed by atoms with E-state index in [4.69, 9.17) is 0 Å². The van der Waals surface area contributed by atoms with Gasteiger partial charge >= 0.3 is 0 Å². The summed E-state index contributed by atoms with van der Waals surface area (Å²) in [6.45, 7) is 2.04. The van der Waals surface area contributed by atoms with Gasteiger partial charge in [-0.25, -0.2) is 8.42 Å². The highest BCUT2D eigenvalue weighted by Crippen LogP contribution is 2.36. The molecule has 1 saturated carbocycles. The van der Waals surface area contributed by atoms with Crippen molar-refractivity contribution in [1.82, 2.24) is 4.72 Å². The first-order chi connectivity index (χ1) is 15.5. The molecular weight excluding hydrogens is 530 g/mol. The van der Waals surface area contributed by atoms with Crippen LogP contribution in [0.25, 0.3) is 0 Å². The number of aliphatic hydroxyl groups is 3. The second kappa shape index (κ2) is 13.2. The van der Waals surface area contributed by atoms with E-state index in [0.717, 1.165) is 16.5 Å². The van der Waals surface area contributed by atoms with Crippen LogP contribution in [0.4, 0.5) is 0 Å². The lowest BCUT2D eigenvalue weighted by molar-refractivity contribution is -0.119. The van der Waals surface area contributed by atoms with Gasteiger partial charge in [0.15, 0.2) is 0 Å². The van der Waals surface area contributed by atoms with Crippen molar-refractivity contribution in [3.05, 3.63) is 44.6 Å². The van der Waals surface area contributed by atoms with Crippen LogP contribution in [-0.2, 0) is 21.2 Å². The molecule has 33 heavy (non-hydrogen) atoms. The van der Waals surface area contributed by atoms with E-state index >= 15 is 0 Å². The lowest BCUT2D eigenvalue weighted by Gasteiger charge is -2.19. The molecule has 1 heterocycles. The zero-order chi connectivity index (χ0) is 24.6. The molecule has 1 aliphatic carbocycles. The van der Waals surface area contributed by atoms with Crippen molar-refractivity contribution < 1.29 is 28.5 Å². The van der Waals surface area contributed by atoms with Crippen molar-refractivity contribution in [2.24, 2.45) is 11.8 Å². The van der Waals surface area contributed by atoms with Crippen LogP contribution in [0.3, 0.4) is 0 Å². The fourth-order valence-corrected chi connectivity index (χ4v) is 6.16. The Balaban J connectivity index is 1.79. The van der Waals surface area contributed by atoms with E-state index in [2.05, 4.69) is 22.0 Å². The quantitative estimate of drug-likeness (QED) is 0.228. The van der Waals surface area contributed by atoms with Crippen LogP contribution < -0.4 is 4.72 Å². The van der Waals surface area contributed by atoms with Gasteiger partial charge in [-0.1, -0.05) is 24.3 Å². The van der Waals surface area contributed by atoms with Gasteiger partial charge in [-0.2, -0.15) is 0 Å². The Hall–Kier alpha value is -1.04. The maximum atomic E-state index is 11.5. The number of thiophene rings is 1. The molecule has 1 fully saturated rings. The number of carbonyl (C=O) groups excluding carboxylic acids is 1. The van der Waals surface area contributed by atoms with Crippen molar-refractivity contribution >= 4 is 43.2 Å². The average Bonchev–Trinajstić information content (AvgIpc) is 3.17. The first-order valence-electron chi connectivity index (χ1n) is 11.1. The summed E-state index contributed by atoms with van der Waals surface area (Å²) in [4.78, 5) is 12.7. The number of amides is 1. The Morgan fingerprint density at radius 3 is 2.70 bits per heavy atom. The molecule has 0 spiro atoms. The predicted octanol–water partition coefficient (Wildman–Crippen LogP) is 3.22. The molecule has 0 unspecified atom stereocenters. The minimum absolute atomic E-state index is 0.118. The molecule has 0 aliphatic heterocycles. The lowest BCUT2D eigenvalue weighted by Crippen LogP contribution is -2.28. The molecule has 0 saturated heterocycles. The third-order valence-electron chi connectivity index (χ3n) is 5.71. The van der Waals surface area contributed by atoms with Crippen LogP contribution in [0.2, 0.25) is 0 Å². The van der Waals surface area contributed by atoms with E-state index in [1.165, 1.54) is 10.4 Å². The van der Waals surface area contributed by atoms with Gasteiger partial charge in [-0.15, -0.1) is 11.3 Å². The van der Waals surface area contributed by atoms with Gasteiger partial charge in [-0.05, 0) is 72.5 Å². The average molecular weight is 565 g/mol. The number of sulfonamides is 1. The molecule has 1 aromatic rings. The first-order valence-corrected chi connectivity index (χ1v) is 14.6. The SMILES string of the molecule is Cc1cc(CC[C@H](O)/C=C/[C@@H]2[C@@H](C/C=C/CCCC(=O)NS(C)(=O)=O)[C@@H](O)C[C@H]2O)sc1Br. The first kappa shape index (κ1) is 28.2. The number of hydrogen-bond donors (Lipinski definition) is 4. The number of aliphatic hydroxyl groups excluding tert-OH is 3. The number of allylic oxidation sites excluding steroid dienone is 2. The minimum atomic E-state index is -3.52. The van der Waals surface area contributed by atoms with Gasteiger partial charge in [0.25, 0.3) is 0 Å². The van der Waals surface area contributed by atoms with Crippen molar-refractivity contribution in [3.8, 4) is 0 Å². The van der Waals surface area contributed by atoms with E-state index in [1.54, 1.807) is 17.4 Å². The molecule has 4 N–H and O–H groups in total. The van der Waals surface area contributed by atoms with Crippen LogP contribution in [-0.4, -0.2) is 54.2 Å². The maximum absolute atomic E-state index is 11.5. The Labute approximate surface area is 208 Å². The van der Waals surface area contributed by atoms with Crippen molar-refractivity contribution in [2.45, 2.75) is 70.2 Å². The molecule has 186 valence electrons. The summed E-state index contributed by atoms with van der Waals surface area (Å²) in [5, 5.41) is 31.1. The van der Waals surface area contributed by atoms with E-state index in [0.29, 0.717) is 32.1 Å². The second-order valence-corrected chi connectivity index (χ2v) is 12.9. The highest BCUT2D eigenvalue weighted by Gasteiger charge is 2.39. The predicted molar refractivity (Wildman–Crippen MR) is 134 cm³/mol. The smallest absolute Gasteiger partial charge is 0.233 e. The van der Waals surface area contributed by atoms with E-state index in [1.807, 2.05) is 29.9 Å². The summed E-state index contributed by atoms with van der Waals surface area (Å²) < 4.78 is 25.1. The Bertz CT molecular complexity index is 923. The molecule has 0 radical (unpaired) electrons. The van der Waals surface area contributed by atoms with Crippen LogP contribution in [0.1, 0.15) is 49.0 Å². The van der Waals surface area contributed by atoms with E-state index < -0.39 is 34.2 Å². The summed E-state index contributed by atoms with van der Waals surface area (Å²) in [7, 11) is -3.52. The number of aryl methyl sites for hydroxylation is 2. The van der Waals surface area contributed by atoms with Gasteiger partial charge in [0.1, 0.15) is 0 Å². The van der Waals surface area contributed by atoms with E-state index in [9.17, 15) is 28.5 Å². The monoisotopic (exact) mass is 563 g/mol. The van der Waals surface area contributed by atoms with Gasteiger partial charge in [0.2, 0.25) is 15.9 Å². The second-order valence-electron chi connectivity index (χ2n) is 8.67. The summed E-state index contributed by atoms with van der Waals surface area (Å²) >= 11 is 5.18. The molecular formula is C23H34BrNO6S2. The molecule has 1 aromatic heterocycles. The van der Waals surface area contributed by atoms with Gasteiger partial charge < -0.3 is 15.3 Å². The van der Waals surface area contributed by atoms with Crippen molar-refractivity contribution in [2.75, 3.05) is 6.26 Å². The Morgan fingerprint density at radius 2 is 2.06 bits per heavy atom. The van der Waals surface area contributed by atoms with Crippen LogP contribution in [0, 0.1) is 18.8 Å². The molecule has 5 atom stereocenters. The molecule has 1 aliphatic rings. The standard InChI is InChI=1S/C23H34BrNO6S2/c1-15-13-17(32-23(15)24)11-9-16(26)10-12-19-18(20(27)14-21(19)28)7-5-3-4-6-8-22(29)25-33(2,30)31/h3,5,10,12-13,16,18-21,26-28H,4,6-9,11,14H2,1-2H3,(H,25,29)/b5-3+,12-10+/t16-,18+,19+,20-,21+/m0/s1. The number of nitrogens with one attached hydrogen (secondary N) is 1. The normalized spacial score (nSPS) is 24.7. The maximum Gasteiger partial charge on any atom is 0.233 e. The van der Waals surface area contributed by atoms with Crippen LogP contribution in [0.15, 0.2) is 34.2 Å². The molecule has 2 rings (SSSR count). The number of hydrogen-bond acceptors (Lipinski definition) is 7. The Kier molecular flexibility index (Phi) is 11.2. The fraction of sp³-hybridized carbons (Fsp3) is 0.609. The number of rotatable bonds is 12. The highest BCUT2D eigenvalue weighted by atomic mass is 79.9. The molecule has 7 nitrogen and oxygen atoms in total.